The summed E-state index contributed by atoms with van der Waals surface area (Å²) in [5, 5.41) is 4.45. The van der Waals surface area contributed by atoms with Crippen LogP contribution in [0, 0.1) is 0 Å². The van der Waals surface area contributed by atoms with Gasteiger partial charge in [0.15, 0.2) is 0 Å². The first-order valence-electron chi connectivity index (χ1n) is 7.35. The molecule has 1 aliphatic carbocycles. The monoisotopic (exact) mass is 295 g/mol. The van der Waals surface area contributed by atoms with E-state index in [1.165, 1.54) is 25.7 Å². The van der Waals surface area contributed by atoms with Gasteiger partial charge in [0.2, 0.25) is 0 Å². The van der Waals surface area contributed by atoms with E-state index in [1.54, 1.807) is 7.11 Å². The summed E-state index contributed by atoms with van der Waals surface area (Å²) in [7, 11) is 1.67. The number of methoxy groups -OCH3 is 1. The smallest absolute Gasteiger partial charge is 0.119 e. The topological polar surface area (TPSA) is 30.5 Å². The van der Waals surface area contributed by atoms with Gasteiger partial charge in [0.25, 0.3) is 0 Å². The van der Waals surface area contributed by atoms with E-state index in [1.807, 2.05) is 36.0 Å². The van der Waals surface area contributed by atoms with Gasteiger partial charge in [-0.05, 0) is 49.8 Å². The molecule has 1 aromatic carbocycles. The lowest BCUT2D eigenvalue weighted by Crippen LogP contribution is -2.37. The van der Waals surface area contributed by atoms with Crippen LogP contribution in [0.1, 0.15) is 25.7 Å². The van der Waals surface area contributed by atoms with E-state index in [4.69, 9.17) is 9.47 Å². The van der Waals surface area contributed by atoms with Gasteiger partial charge in [0.05, 0.1) is 7.11 Å². The van der Waals surface area contributed by atoms with Crippen molar-refractivity contribution < 1.29 is 9.47 Å². The van der Waals surface area contributed by atoms with Gasteiger partial charge in [-0.25, -0.2) is 0 Å². The number of hydrogen-bond donors (Lipinski definition) is 1. The minimum Gasteiger partial charge on any atom is -0.497 e. The summed E-state index contributed by atoms with van der Waals surface area (Å²) in [6.45, 7) is 1.63. The predicted molar refractivity (Wildman–Crippen MR) is 86.1 cm³/mol. The van der Waals surface area contributed by atoms with Crippen LogP contribution in [-0.4, -0.2) is 37.8 Å². The molecule has 1 N–H and O–H groups in total. The van der Waals surface area contributed by atoms with E-state index in [0.717, 1.165) is 23.3 Å². The summed E-state index contributed by atoms with van der Waals surface area (Å²) in [4.78, 5) is 0. The molecule has 0 spiro atoms. The largest absolute Gasteiger partial charge is 0.497 e. The van der Waals surface area contributed by atoms with Crippen molar-refractivity contribution in [1.82, 2.24) is 5.32 Å². The second kappa shape index (κ2) is 8.42. The highest BCUT2D eigenvalue weighted by molar-refractivity contribution is 7.99. The Morgan fingerprint density at radius 2 is 1.95 bits per heavy atom. The predicted octanol–water partition coefficient (Wildman–Crippen LogP) is 3.34. The Hall–Kier alpha value is -0.870. The van der Waals surface area contributed by atoms with Crippen molar-refractivity contribution in [2.45, 2.75) is 37.0 Å². The molecule has 2 unspecified atom stereocenters. The molecule has 2 atom stereocenters. The van der Waals surface area contributed by atoms with Gasteiger partial charge in [-0.15, -0.1) is 0 Å². The first-order chi connectivity index (χ1) is 9.81. The summed E-state index contributed by atoms with van der Waals surface area (Å²) in [5.41, 5.74) is 0. The fourth-order valence-corrected chi connectivity index (χ4v) is 3.48. The lowest BCUT2D eigenvalue weighted by Gasteiger charge is -2.28. The fourth-order valence-electron chi connectivity index (χ4n) is 2.65. The molecule has 0 bridgehead atoms. The SMILES string of the molecule is COc1ccc(OCCNC2CCCC(SC)C2)cc1. The highest BCUT2D eigenvalue weighted by Crippen LogP contribution is 2.26. The second-order valence-corrected chi connectivity index (χ2v) is 6.34. The van der Waals surface area contributed by atoms with Gasteiger partial charge in [0.1, 0.15) is 18.1 Å². The average molecular weight is 295 g/mol. The van der Waals surface area contributed by atoms with E-state index < -0.39 is 0 Å². The molecule has 0 saturated heterocycles. The van der Waals surface area contributed by atoms with Crippen molar-refractivity contribution in [3.05, 3.63) is 24.3 Å². The number of hydrogen-bond acceptors (Lipinski definition) is 4. The van der Waals surface area contributed by atoms with Crippen LogP contribution < -0.4 is 14.8 Å². The van der Waals surface area contributed by atoms with Crippen LogP contribution in [0.4, 0.5) is 0 Å². The molecule has 0 aromatic heterocycles. The van der Waals surface area contributed by atoms with E-state index in [9.17, 15) is 0 Å². The Balaban J connectivity index is 1.63. The standard InChI is InChI=1S/C16H25NO2S/c1-18-14-6-8-15(9-7-14)19-11-10-17-13-4-3-5-16(12-13)20-2/h6-9,13,16-17H,3-5,10-12H2,1-2H3. The summed E-state index contributed by atoms with van der Waals surface area (Å²) < 4.78 is 10.9. The third kappa shape index (κ3) is 4.91. The molecule has 0 amide bonds. The van der Waals surface area contributed by atoms with Gasteiger partial charge in [-0.1, -0.05) is 6.42 Å². The minimum absolute atomic E-state index is 0.667. The fraction of sp³-hybridized carbons (Fsp3) is 0.625. The average Bonchev–Trinajstić information content (AvgIpc) is 2.52. The van der Waals surface area contributed by atoms with Crippen molar-refractivity contribution >= 4 is 11.8 Å². The summed E-state index contributed by atoms with van der Waals surface area (Å²) >= 11 is 2.01. The summed E-state index contributed by atoms with van der Waals surface area (Å²) in [6.07, 6.45) is 7.55. The maximum atomic E-state index is 5.73. The molecule has 0 aliphatic heterocycles. The van der Waals surface area contributed by atoms with E-state index in [-0.39, 0.29) is 0 Å². The number of benzene rings is 1. The second-order valence-electron chi connectivity index (χ2n) is 5.20. The maximum absolute atomic E-state index is 5.73. The van der Waals surface area contributed by atoms with Crippen molar-refractivity contribution in [2.75, 3.05) is 26.5 Å². The molecule has 112 valence electrons. The molecule has 1 saturated carbocycles. The van der Waals surface area contributed by atoms with Crippen molar-refractivity contribution in [2.24, 2.45) is 0 Å². The summed E-state index contributed by atoms with van der Waals surface area (Å²) in [5.74, 6) is 1.76. The number of ether oxygens (including phenoxy) is 2. The maximum Gasteiger partial charge on any atom is 0.119 e. The first kappa shape index (κ1) is 15.5. The lowest BCUT2D eigenvalue weighted by atomic mass is 9.95. The Morgan fingerprint density at radius 1 is 1.20 bits per heavy atom. The molecule has 1 aromatic rings. The molecule has 1 fully saturated rings. The van der Waals surface area contributed by atoms with Crippen LogP contribution >= 0.6 is 11.8 Å². The number of rotatable bonds is 7. The van der Waals surface area contributed by atoms with Crippen LogP contribution in [0.2, 0.25) is 0 Å². The van der Waals surface area contributed by atoms with Crippen LogP contribution in [0.25, 0.3) is 0 Å². The van der Waals surface area contributed by atoms with Gasteiger partial charge < -0.3 is 14.8 Å². The Kier molecular flexibility index (Phi) is 6.54. The third-order valence-corrected chi connectivity index (χ3v) is 4.92. The van der Waals surface area contributed by atoms with E-state index >= 15 is 0 Å². The first-order valence-corrected chi connectivity index (χ1v) is 8.63. The zero-order valence-electron chi connectivity index (χ0n) is 12.4. The Morgan fingerprint density at radius 3 is 2.65 bits per heavy atom. The van der Waals surface area contributed by atoms with Gasteiger partial charge in [-0.2, -0.15) is 11.8 Å². The minimum atomic E-state index is 0.667. The molecular weight excluding hydrogens is 270 g/mol. The van der Waals surface area contributed by atoms with Crippen LogP contribution in [-0.2, 0) is 0 Å². The highest BCUT2D eigenvalue weighted by Gasteiger charge is 2.20. The number of nitrogens with one attached hydrogen (secondary N) is 1. The molecule has 3 nitrogen and oxygen atoms in total. The molecule has 2 rings (SSSR count). The van der Waals surface area contributed by atoms with E-state index in [2.05, 4.69) is 11.6 Å². The lowest BCUT2D eigenvalue weighted by molar-refractivity contribution is 0.290. The van der Waals surface area contributed by atoms with Crippen LogP contribution in [0.15, 0.2) is 24.3 Å². The normalized spacial score (nSPS) is 22.5. The molecular formula is C16H25NO2S. The third-order valence-electron chi connectivity index (χ3n) is 3.82. The van der Waals surface area contributed by atoms with Crippen molar-refractivity contribution in [1.29, 1.82) is 0 Å². The molecule has 4 heteroatoms. The van der Waals surface area contributed by atoms with Crippen molar-refractivity contribution in [3.8, 4) is 11.5 Å². The molecule has 20 heavy (non-hydrogen) atoms. The van der Waals surface area contributed by atoms with Gasteiger partial charge in [0, 0.05) is 17.8 Å². The Bertz CT molecular complexity index is 383. The highest BCUT2D eigenvalue weighted by atomic mass is 32.2. The van der Waals surface area contributed by atoms with E-state index in [0.29, 0.717) is 12.6 Å². The molecule has 0 radical (unpaired) electrons. The van der Waals surface area contributed by atoms with Crippen LogP contribution in [0.3, 0.4) is 0 Å². The van der Waals surface area contributed by atoms with Crippen molar-refractivity contribution in [3.63, 3.8) is 0 Å². The molecule has 0 heterocycles. The molecule has 1 aliphatic rings. The van der Waals surface area contributed by atoms with Gasteiger partial charge in [-0.3, -0.25) is 0 Å². The van der Waals surface area contributed by atoms with Gasteiger partial charge >= 0.3 is 0 Å². The summed E-state index contributed by atoms with van der Waals surface area (Å²) in [6, 6.07) is 8.41. The Labute approximate surface area is 126 Å². The zero-order valence-corrected chi connectivity index (χ0v) is 13.2. The number of thioether (sulfide) groups is 1. The quantitative estimate of drug-likeness (QED) is 0.782. The zero-order chi connectivity index (χ0) is 14.2. The van der Waals surface area contributed by atoms with Crippen LogP contribution in [0.5, 0.6) is 11.5 Å².